The van der Waals surface area contributed by atoms with Gasteiger partial charge in [0.15, 0.2) is 5.75 Å². The van der Waals surface area contributed by atoms with E-state index >= 15 is 0 Å². The van der Waals surface area contributed by atoms with Gasteiger partial charge in [0.2, 0.25) is 5.88 Å². The number of pyridine rings is 1. The molecule has 2 N–H and O–H groups in total. The molecule has 2 aromatic heterocycles. The van der Waals surface area contributed by atoms with Crippen LogP contribution in [0.2, 0.25) is 0 Å². The van der Waals surface area contributed by atoms with Gasteiger partial charge in [-0.25, -0.2) is 14.8 Å². The second-order valence-corrected chi connectivity index (χ2v) is 8.91. The number of fused-ring (bicyclic) bond motifs is 3. The molecule has 1 aliphatic carbocycles. The Morgan fingerprint density at radius 2 is 1.98 bits per heavy atom. The number of amides is 1. The van der Waals surface area contributed by atoms with E-state index in [2.05, 4.69) is 20.3 Å². The molecule has 0 radical (unpaired) electrons. The zero-order chi connectivity index (χ0) is 26.2. The molecular formula is C29H25Cl2N5O4. The largest absolute Gasteiger partial charge is 0.495 e. The van der Waals surface area contributed by atoms with Gasteiger partial charge in [-0.15, -0.1) is 24.8 Å². The third-order valence-electron chi connectivity index (χ3n) is 6.58. The number of carbonyl (C=O) groups excluding carboxylic acids is 2. The fourth-order valence-corrected chi connectivity index (χ4v) is 4.89. The van der Waals surface area contributed by atoms with Gasteiger partial charge in [-0.2, -0.15) is 0 Å². The van der Waals surface area contributed by atoms with Gasteiger partial charge in [0.05, 0.1) is 35.6 Å². The maximum atomic E-state index is 13.4. The van der Waals surface area contributed by atoms with Crippen molar-refractivity contribution in [1.29, 1.82) is 0 Å². The number of hydrogen-bond donors (Lipinski definition) is 2. The molecule has 1 aliphatic heterocycles. The van der Waals surface area contributed by atoms with Crippen molar-refractivity contribution in [3.05, 3.63) is 101 Å². The minimum atomic E-state index is -0.563. The van der Waals surface area contributed by atoms with Crippen molar-refractivity contribution in [2.75, 3.05) is 17.3 Å². The average molecular weight is 578 g/mol. The van der Waals surface area contributed by atoms with Gasteiger partial charge in [-0.1, -0.05) is 30.3 Å². The number of nitrogens with one attached hydrogen (secondary N) is 2. The van der Waals surface area contributed by atoms with E-state index in [1.165, 1.54) is 7.11 Å². The van der Waals surface area contributed by atoms with Gasteiger partial charge < -0.3 is 24.7 Å². The van der Waals surface area contributed by atoms with Gasteiger partial charge in [0, 0.05) is 18.3 Å². The number of methoxy groups -OCH3 is 1. The van der Waals surface area contributed by atoms with Crippen molar-refractivity contribution in [2.45, 2.75) is 19.5 Å². The molecule has 3 heterocycles. The van der Waals surface area contributed by atoms with E-state index in [1.807, 2.05) is 66.3 Å². The van der Waals surface area contributed by atoms with Crippen molar-refractivity contribution in [3.63, 3.8) is 0 Å². The number of halogens is 2. The Balaban J connectivity index is 0.00000185. The lowest BCUT2D eigenvalue weighted by atomic mass is 9.93. The van der Waals surface area contributed by atoms with Gasteiger partial charge in [0.25, 0.3) is 5.91 Å². The normalized spacial score (nSPS) is 15.5. The zero-order valence-corrected chi connectivity index (χ0v) is 23.1. The molecule has 0 saturated carbocycles. The molecule has 0 spiro atoms. The van der Waals surface area contributed by atoms with Crippen LogP contribution in [0.15, 0.2) is 89.9 Å². The van der Waals surface area contributed by atoms with Gasteiger partial charge in [-0.05, 0) is 43.3 Å². The first-order valence-electron chi connectivity index (χ1n) is 12.0. The quantitative estimate of drug-likeness (QED) is 0.310. The van der Waals surface area contributed by atoms with Crippen LogP contribution in [0.5, 0.6) is 11.6 Å². The molecule has 2 aliphatic rings. The number of anilines is 2. The number of benzene rings is 2. The Bertz CT molecular complexity index is 1710. The summed E-state index contributed by atoms with van der Waals surface area (Å²) in [6.07, 6.45) is 5.15. The summed E-state index contributed by atoms with van der Waals surface area (Å²) in [4.78, 5) is 39.9. The van der Waals surface area contributed by atoms with Crippen molar-refractivity contribution >= 4 is 59.1 Å². The number of hydrogen-bond acceptors (Lipinski definition) is 7. The molecule has 4 aromatic rings. The van der Waals surface area contributed by atoms with Crippen LogP contribution < -0.4 is 15.0 Å². The summed E-state index contributed by atoms with van der Waals surface area (Å²) < 4.78 is 11.8. The molecule has 6 rings (SSSR count). The van der Waals surface area contributed by atoms with Crippen LogP contribution in [0.25, 0.3) is 11.0 Å². The van der Waals surface area contributed by atoms with E-state index in [4.69, 9.17) is 9.47 Å². The molecule has 0 fully saturated rings. The van der Waals surface area contributed by atoms with Crippen LogP contribution in [0, 0.1) is 6.92 Å². The highest BCUT2D eigenvalue weighted by atomic mass is 35.5. The molecule has 9 nitrogen and oxygen atoms in total. The minimum absolute atomic E-state index is 0. The van der Waals surface area contributed by atoms with Crippen molar-refractivity contribution in [1.82, 2.24) is 15.0 Å². The standard InChI is InChI=1S/C29H23N5O4.2ClH/c1-17-31-21-8-5-9-22(26(21)32-17)33-28(36)19-12-13-23(20(16-35)27(19)37-2)34-15-18-7-6-14-30-29(18)38-25-11-4-3-10-24(25)34;;/h3-14,23H,15H2,1-2H3,(H,31,32)(H,33,36);2*1H. The maximum Gasteiger partial charge on any atom is 0.259 e. The fourth-order valence-electron chi connectivity index (χ4n) is 4.89. The summed E-state index contributed by atoms with van der Waals surface area (Å²) in [6.45, 7) is 2.27. The molecule has 1 atom stereocenters. The number of imidazole rings is 1. The Labute approximate surface area is 242 Å². The van der Waals surface area contributed by atoms with E-state index in [1.54, 1.807) is 24.4 Å². The number of H-pyrrole nitrogens is 1. The van der Waals surface area contributed by atoms with E-state index < -0.39 is 11.9 Å². The van der Waals surface area contributed by atoms with Gasteiger partial charge >= 0.3 is 0 Å². The minimum Gasteiger partial charge on any atom is -0.495 e. The lowest BCUT2D eigenvalue weighted by molar-refractivity contribution is -0.112. The van der Waals surface area contributed by atoms with Crippen LogP contribution in [0.1, 0.15) is 11.4 Å². The van der Waals surface area contributed by atoms with Gasteiger partial charge in [0.1, 0.15) is 28.6 Å². The number of rotatable bonds is 4. The van der Waals surface area contributed by atoms with Crippen molar-refractivity contribution < 1.29 is 19.1 Å². The lowest BCUT2D eigenvalue weighted by Gasteiger charge is -2.34. The van der Waals surface area contributed by atoms with Crippen molar-refractivity contribution in [2.24, 2.45) is 0 Å². The molecule has 40 heavy (non-hydrogen) atoms. The smallest absolute Gasteiger partial charge is 0.259 e. The molecule has 1 unspecified atom stereocenters. The Hall–Kier alpha value is -4.56. The topological polar surface area (TPSA) is 109 Å². The molecule has 1 amide bonds. The van der Waals surface area contributed by atoms with Crippen LogP contribution in [0.3, 0.4) is 0 Å². The molecule has 0 saturated heterocycles. The van der Waals surface area contributed by atoms with Crippen molar-refractivity contribution in [3.8, 4) is 11.6 Å². The first-order valence-corrected chi connectivity index (χ1v) is 12.0. The fraction of sp³-hybridized carbons (Fsp3) is 0.138. The van der Waals surface area contributed by atoms with Crippen LogP contribution in [-0.2, 0) is 20.9 Å². The van der Waals surface area contributed by atoms with Crippen LogP contribution >= 0.6 is 24.8 Å². The summed E-state index contributed by atoms with van der Waals surface area (Å²) in [5.41, 5.74) is 4.06. The second kappa shape index (κ2) is 11.7. The van der Waals surface area contributed by atoms with E-state index in [0.717, 1.165) is 22.6 Å². The number of aromatic amines is 1. The maximum absolute atomic E-state index is 13.4. The molecule has 2 aromatic carbocycles. The zero-order valence-electron chi connectivity index (χ0n) is 21.5. The number of aryl methyl sites for hydroxylation is 1. The predicted molar refractivity (Wildman–Crippen MR) is 157 cm³/mol. The average Bonchev–Trinajstić information content (AvgIpc) is 3.24. The van der Waals surface area contributed by atoms with Crippen LogP contribution in [0.4, 0.5) is 11.4 Å². The number of aromatic nitrogens is 3. The highest BCUT2D eigenvalue weighted by Crippen LogP contribution is 2.41. The first-order chi connectivity index (χ1) is 18.6. The number of carbonyl (C=O) groups is 1. The third kappa shape index (κ3) is 4.94. The molecule has 204 valence electrons. The summed E-state index contributed by atoms with van der Waals surface area (Å²) in [7, 11) is 1.44. The SMILES string of the molecule is COC1=C(C(=O)Nc2cccc3[nH]c(C)nc23)C=CC(N2Cc3cccnc3Oc3ccccc32)C1=C=O.Cl.Cl. The summed E-state index contributed by atoms with van der Waals surface area (Å²) in [5.74, 6) is 3.63. The highest BCUT2D eigenvalue weighted by molar-refractivity contribution is 6.10. The second-order valence-electron chi connectivity index (χ2n) is 8.91. The van der Waals surface area contributed by atoms with E-state index in [-0.39, 0.29) is 41.7 Å². The Morgan fingerprint density at radius 3 is 2.77 bits per heavy atom. The summed E-state index contributed by atoms with van der Waals surface area (Å²) in [5, 5.41) is 2.91. The molecule has 11 heteroatoms. The Kier molecular flexibility index (Phi) is 8.30. The van der Waals surface area contributed by atoms with Gasteiger partial charge in [-0.3, -0.25) is 4.79 Å². The van der Waals surface area contributed by atoms with E-state index in [0.29, 0.717) is 29.4 Å². The van der Waals surface area contributed by atoms with E-state index in [9.17, 15) is 9.59 Å². The number of para-hydroxylation sites is 3. The first kappa shape index (κ1) is 28.4. The molecule has 0 bridgehead atoms. The predicted octanol–water partition coefficient (Wildman–Crippen LogP) is 5.46. The lowest BCUT2D eigenvalue weighted by Crippen LogP contribution is -2.38. The Morgan fingerprint density at radius 1 is 1.15 bits per heavy atom. The summed E-state index contributed by atoms with van der Waals surface area (Å²) in [6, 6.07) is 16.3. The monoisotopic (exact) mass is 577 g/mol. The third-order valence-corrected chi connectivity index (χ3v) is 6.58. The highest BCUT2D eigenvalue weighted by Gasteiger charge is 2.35. The van der Waals surface area contributed by atoms with Crippen LogP contribution in [-0.4, -0.2) is 40.0 Å². The number of ether oxygens (including phenoxy) is 2. The molecular weight excluding hydrogens is 553 g/mol. The number of nitrogens with zero attached hydrogens (tertiary/aromatic N) is 3. The summed E-state index contributed by atoms with van der Waals surface area (Å²) >= 11 is 0.